The largest absolute Gasteiger partial charge is 0.466 e. The molecule has 0 rings (SSSR count). The molecule has 0 amide bonds. The fourth-order valence-corrected chi connectivity index (χ4v) is 0.684. The molecule has 4 heteroatoms. The summed E-state index contributed by atoms with van der Waals surface area (Å²) >= 11 is 0. The molecule has 0 aromatic carbocycles. The van der Waals surface area contributed by atoms with Crippen molar-refractivity contribution in [3.05, 3.63) is 0 Å². The summed E-state index contributed by atoms with van der Waals surface area (Å²) in [6.07, 6.45) is 0.360. The van der Waals surface area contributed by atoms with Crippen LogP contribution in [-0.2, 0) is 9.53 Å². The molecule has 0 radical (unpaired) electrons. The Hall–Kier alpha value is -1.06. The Balaban J connectivity index is 3.66. The van der Waals surface area contributed by atoms with Gasteiger partial charge in [-0.05, 0) is 13.8 Å². The zero-order valence-electron chi connectivity index (χ0n) is 8.83. The number of aliphatic imine (C=N–C) groups is 1. The Bertz CT molecular complexity index is 188. The number of hydrogen-bond donors (Lipinski definition) is 0. The third-order valence-electron chi connectivity index (χ3n) is 1.61. The van der Waals surface area contributed by atoms with Crippen LogP contribution in [0.2, 0.25) is 0 Å². The lowest BCUT2D eigenvalue weighted by molar-refractivity contribution is -0.142. The first-order chi connectivity index (χ1) is 6.07. The molecule has 0 unspecified atom stereocenters. The minimum atomic E-state index is -0.183. The van der Waals surface area contributed by atoms with E-state index in [2.05, 4.69) is 4.99 Å². The lowest BCUT2D eigenvalue weighted by Gasteiger charge is -2.10. The number of rotatable bonds is 4. The van der Waals surface area contributed by atoms with Crippen LogP contribution in [0.1, 0.15) is 20.3 Å². The van der Waals surface area contributed by atoms with E-state index in [4.69, 9.17) is 4.74 Å². The molecule has 0 atom stereocenters. The monoisotopic (exact) mass is 186 g/mol. The Morgan fingerprint density at radius 2 is 2.08 bits per heavy atom. The van der Waals surface area contributed by atoms with Crippen LogP contribution in [0.25, 0.3) is 0 Å². The van der Waals surface area contributed by atoms with Gasteiger partial charge in [0.05, 0.1) is 25.4 Å². The Labute approximate surface area is 79.6 Å². The summed E-state index contributed by atoms with van der Waals surface area (Å²) in [4.78, 5) is 17.0. The highest BCUT2D eigenvalue weighted by Crippen LogP contribution is 1.89. The highest BCUT2D eigenvalue weighted by molar-refractivity contribution is 5.79. The molecule has 0 aromatic rings. The number of hydrogen-bond acceptors (Lipinski definition) is 3. The van der Waals surface area contributed by atoms with Crippen LogP contribution in [0.4, 0.5) is 0 Å². The lowest BCUT2D eigenvalue weighted by Crippen LogP contribution is -2.19. The van der Waals surface area contributed by atoms with Crippen LogP contribution in [-0.4, -0.2) is 44.0 Å². The van der Waals surface area contributed by atoms with Gasteiger partial charge >= 0.3 is 5.97 Å². The summed E-state index contributed by atoms with van der Waals surface area (Å²) in [5.74, 6) is 0.738. The van der Waals surface area contributed by atoms with Crippen molar-refractivity contribution in [2.24, 2.45) is 4.99 Å². The molecule has 0 bridgehead atoms. The van der Waals surface area contributed by atoms with Gasteiger partial charge in [-0.25, -0.2) is 0 Å². The van der Waals surface area contributed by atoms with Crippen molar-refractivity contribution in [1.29, 1.82) is 0 Å². The van der Waals surface area contributed by atoms with E-state index in [0.717, 1.165) is 5.84 Å². The van der Waals surface area contributed by atoms with Crippen LogP contribution in [0.3, 0.4) is 0 Å². The first-order valence-corrected chi connectivity index (χ1v) is 4.42. The number of carbonyl (C=O) groups excluding carboxylic acids is 1. The quantitative estimate of drug-likeness (QED) is 0.372. The van der Waals surface area contributed by atoms with Gasteiger partial charge in [0.25, 0.3) is 0 Å². The fourth-order valence-electron chi connectivity index (χ4n) is 0.684. The molecule has 0 aliphatic heterocycles. The average Bonchev–Trinajstić information content (AvgIpc) is 2.04. The van der Waals surface area contributed by atoms with Gasteiger partial charge in [-0.15, -0.1) is 0 Å². The second-order valence-electron chi connectivity index (χ2n) is 2.88. The summed E-state index contributed by atoms with van der Waals surface area (Å²) in [6, 6.07) is 0. The third kappa shape index (κ3) is 6.13. The minimum Gasteiger partial charge on any atom is -0.466 e. The molecule has 0 fully saturated rings. The van der Waals surface area contributed by atoms with Gasteiger partial charge in [0, 0.05) is 14.1 Å². The van der Waals surface area contributed by atoms with Gasteiger partial charge in [0.2, 0.25) is 0 Å². The molecule has 0 aliphatic carbocycles. The Morgan fingerprint density at radius 3 is 2.54 bits per heavy atom. The van der Waals surface area contributed by atoms with Crippen molar-refractivity contribution in [1.82, 2.24) is 4.90 Å². The normalized spacial score (nSPS) is 11.2. The molecule has 76 valence electrons. The second kappa shape index (κ2) is 6.46. The van der Waals surface area contributed by atoms with Gasteiger partial charge in [-0.2, -0.15) is 0 Å². The van der Waals surface area contributed by atoms with Crippen LogP contribution >= 0.6 is 0 Å². The van der Waals surface area contributed by atoms with Crippen LogP contribution in [0.15, 0.2) is 4.99 Å². The number of ether oxygens (including phenoxy) is 1. The Morgan fingerprint density at radius 1 is 1.46 bits per heavy atom. The number of nitrogens with zero attached hydrogens (tertiary/aromatic N) is 2. The average molecular weight is 186 g/mol. The van der Waals surface area contributed by atoms with Crippen molar-refractivity contribution in [2.75, 3.05) is 27.2 Å². The van der Waals surface area contributed by atoms with Crippen molar-refractivity contribution in [2.45, 2.75) is 20.3 Å². The SMILES string of the molecule is CCOC(=O)CC/N=C(\C)N(C)C. The molecular formula is C9H18N2O2. The van der Waals surface area contributed by atoms with Crippen LogP contribution in [0.5, 0.6) is 0 Å². The number of esters is 1. The standard InChI is InChI=1S/C9H18N2O2/c1-5-13-9(12)6-7-10-8(2)11(3)4/h5-7H2,1-4H3/b10-8+. The summed E-state index contributed by atoms with van der Waals surface area (Å²) in [5.41, 5.74) is 0. The molecule has 0 saturated carbocycles. The van der Waals surface area contributed by atoms with Gasteiger partial charge in [0.15, 0.2) is 0 Å². The van der Waals surface area contributed by atoms with Crippen LogP contribution in [0, 0.1) is 0 Å². The van der Waals surface area contributed by atoms with E-state index in [9.17, 15) is 4.79 Å². The summed E-state index contributed by atoms with van der Waals surface area (Å²) in [6.45, 7) is 4.65. The second-order valence-corrected chi connectivity index (χ2v) is 2.88. The van der Waals surface area contributed by atoms with Crippen molar-refractivity contribution >= 4 is 11.8 Å². The number of amidine groups is 1. The zero-order chi connectivity index (χ0) is 10.3. The minimum absolute atomic E-state index is 0.183. The molecule has 13 heavy (non-hydrogen) atoms. The van der Waals surface area contributed by atoms with E-state index >= 15 is 0 Å². The molecule has 0 heterocycles. The van der Waals surface area contributed by atoms with Crippen molar-refractivity contribution < 1.29 is 9.53 Å². The van der Waals surface area contributed by atoms with E-state index in [-0.39, 0.29) is 5.97 Å². The highest BCUT2D eigenvalue weighted by Gasteiger charge is 2.00. The van der Waals surface area contributed by atoms with Gasteiger partial charge < -0.3 is 9.64 Å². The zero-order valence-corrected chi connectivity index (χ0v) is 8.83. The van der Waals surface area contributed by atoms with Crippen molar-refractivity contribution in [3.8, 4) is 0 Å². The predicted molar refractivity (Wildman–Crippen MR) is 52.9 cm³/mol. The number of carbonyl (C=O) groups is 1. The van der Waals surface area contributed by atoms with E-state index in [1.165, 1.54) is 0 Å². The topological polar surface area (TPSA) is 41.9 Å². The summed E-state index contributed by atoms with van der Waals surface area (Å²) < 4.78 is 4.76. The summed E-state index contributed by atoms with van der Waals surface area (Å²) in [7, 11) is 3.84. The van der Waals surface area contributed by atoms with Crippen molar-refractivity contribution in [3.63, 3.8) is 0 Å². The van der Waals surface area contributed by atoms with E-state index in [1.54, 1.807) is 6.92 Å². The van der Waals surface area contributed by atoms with E-state index < -0.39 is 0 Å². The molecule has 0 aromatic heterocycles. The van der Waals surface area contributed by atoms with Gasteiger partial charge in [-0.3, -0.25) is 9.79 Å². The summed E-state index contributed by atoms with van der Waals surface area (Å²) in [5, 5.41) is 0. The molecular weight excluding hydrogens is 168 g/mol. The molecule has 0 N–H and O–H groups in total. The highest BCUT2D eigenvalue weighted by atomic mass is 16.5. The smallest absolute Gasteiger partial charge is 0.307 e. The maximum Gasteiger partial charge on any atom is 0.307 e. The predicted octanol–water partition coefficient (Wildman–Crippen LogP) is 0.920. The van der Waals surface area contributed by atoms with Gasteiger partial charge in [0.1, 0.15) is 0 Å². The Kier molecular flexibility index (Phi) is 5.93. The third-order valence-corrected chi connectivity index (χ3v) is 1.61. The van der Waals surface area contributed by atoms with E-state index in [1.807, 2.05) is 25.9 Å². The lowest BCUT2D eigenvalue weighted by atomic mass is 10.4. The van der Waals surface area contributed by atoms with Crippen LogP contribution < -0.4 is 0 Å². The molecule has 4 nitrogen and oxygen atoms in total. The molecule has 0 aliphatic rings. The molecule has 0 spiro atoms. The first kappa shape index (κ1) is 11.9. The fraction of sp³-hybridized carbons (Fsp3) is 0.778. The molecule has 0 saturated heterocycles. The first-order valence-electron chi connectivity index (χ1n) is 4.42. The van der Waals surface area contributed by atoms with E-state index in [0.29, 0.717) is 19.6 Å². The van der Waals surface area contributed by atoms with Gasteiger partial charge in [-0.1, -0.05) is 0 Å². The maximum atomic E-state index is 10.9. The maximum absolute atomic E-state index is 10.9.